The van der Waals surface area contributed by atoms with Crippen LogP contribution in [0.3, 0.4) is 0 Å². The minimum Gasteiger partial charge on any atom is -0.379 e. The van der Waals surface area contributed by atoms with Crippen LogP contribution in [0.4, 0.5) is 0 Å². The Hall–Kier alpha value is -4.13. The van der Waals surface area contributed by atoms with Gasteiger partial charge in [-0.2, -0.15) is 0 Å². The highest BCUT2D eigenvalue weighted by molar-refractivity contribution is 5.98. The molecule has 0 aliphatic carbocycles. The Morgan fingerprint density at radius 1 is 0.692 bits per heavy atom. The summed E-state index contributed by atoms with van der Waals surface area (Å²) in [6.45, 7) is 12.3. The van der Waals surface area contributed by atoms with Crippen LogP contribution in [0.2, 0.25) is 0 Å². The molecule has 4 amide bonds. The summed E-state index contributed by atoms with van der Waals surface area (Å²) in [5.74, 6) is -1.83. The third-order valence-corrected chi connectivity index (χ3v) is 9.38. The molecule has 4 rings (SSSR count). The zero-order valence-corrected chi connectivity index (χ0v) is 31.3. The quantitative estimate of drug-likeness (QED) is 0.152. The number of carbonyl (C=O) groups excluding carboxylic acids is 5. The number of aryl methyl sites for hydroxylation is 1. The van der Waals surface area contributed by atoms with Crippen molar-refractivity contribution in [2.45, 2.75) is 96.5 Å². The zero-order chi connectivity index (χ0) is 37.7. The van der Waals surface area contributed by atoms with E-state index in [1.54, 1.807) is 6.92 Å². The van der Waals surface area contributed by atoms with E-state index in [0.29, 0.717) is 58.6 Å². The third-order valence-electron chi connectivity index (χ3n) is 9.38. The fraction of sp³-hybridized carbons (Fsp3) is 0.575. The van der Waals surface area contributed by atoms with Crippen molar-refractivity contribution in [2.75, 3.05) is 39.5 Å². The lowest BCUT2D eigenvalue weighted by molar-refractivity contribution is -0.135. The topological polar surface area (TPSA) is 158 Å². The Morgan fingerprint density at radius 2 is 1.19 bits per heavy atom. The van der Waals surface area contributed by atoms with Crippen molar-refractivity contribution in [1.29, 1.82) is 0 Å². The van der Waals surface area contributed by atoms with E-state index < -0.39 is 47.5 Å². The number of ketones is 1. The summed E-state index contributed by atoms with van der Waals surface area (Å²) in [5, 5.41) is 11.7. The molecule has 12 heteroatoms. The Morgan fingerprint density at radius 3 is 1.77 bits per heavy atom. The second-order valence-corrected chi connectivity index (χ2v) is 15.0. The number of ether oxygens (including phenoxy) is 2. The Bertz CT molecular complexity index is 1480. The number of hydrogen-bond donors (Lipinski definition) is 4. The van der Waals surface area contributed by atoms with Crippen molar-refractivity contribution < 1.29 is 33.4 Å². The molecule has 12 nitrogen and oxygen atoms in total. The molecule has 0 spiro atoms. The van der Waals surface area contributed by atoms with Gasteiger partial charge in [0, 0.05) is 19.5 Å². The van der Waals surface area contributed by atoms with Crippen molar-refractivity contribution >= 4 is 29.4 Å². The van der Waals surface area contributed by atoms with Gasteiger partial charge in [0.1, 0.15) is 23.7 Å². The molecule has 2 aromatic rings. The molecule has 2 aliphatic rings. The number of epoxide rings is 1. The summed E-state index contributed by atoms with van der Waals surface area (Å²) >= 11 is 0. The number of hydrogen-bond acceptors (Lipinski definition) is 8. The highest BCUT2D eigenvalue weighted by Crippen LogP contribution is 2.29. The molecule has 2 aromatic carbocycles. The van der Waals surface area contributed by atoms with Crippen LogP contribution >= 0.6 is 0 Å². The molecule has 2 saturated heterocycles. The predicted octanol–water partition coefficient (Wildman–Crippen LogP) is 2.58. The lowest BCUT2D eigenvalue weighted by atomic mass is 9.93. The summed E-state index contributed by atoms with van der Waals surface area (Å²) in [6, 6.07) is 15.3. The molecule has 2 aliphatic heterocycles. The van der Waals surface area contributed by atoms with Crippen LogP contribution in [0, 0.1) is 11.8 Å². The number of Topliss-reactive ketones (excluding diaryl/α,β-unsaturated/α-hetero) is 1. The number of rotatable bonds is 20. The summed E-state index contributed by atoms with van der Waals surface area (Å²) < 4.78 is 10.8. The fourth-order valence-electron chi connectivity index (χ4n) is 6.33. The molecule has 0 aromatic heterocycles. The van der Waals surface area contributed by atoms with Crippen LogP contribution < -0.4 is 21.3 Å². The van der Waals surface area contributed by atoms with Crippen molar-refractivity contribution in [3.63, 3.8) is 0 Å². The minimum absolute atomic E-state index is 0.0171. The van der Waals surface area contributed by atoms with Gasteiger partial charge in [-0.1, -0.05) is 88.4 Å². The first-order valence-corrected chi connectivity index (χ1v) is 18.6. The van der Waals surface area contributed by atoms with Crippen molar-refractivity contribution in [1.82, 2.24) is 26.2 Å². The third kappa shape index (κ3) is 13.1. The van der Waals surface area contributed by atoms with Gasteiger partial charge in [0.05, 0.1) is 32.4 Å². The number of carbonyl (C=O) groups is 5. The van der Waals surface area contributed by atoms with E-state index in [1.807, 2.05) is 93.3 Å². The summed E-state index contributed by atoms with van der Waals surface area (Å²) in [4.78, 5) is 70.5. The maximum atomic E-state index is 14.1. The maximum Gasteiger partial charge on any atom is 0.243 e. The van der Waals surface area contributed by atoms with E-state index in [2.05, 4.69) is 21.3 Å². The van der Waals surface area contributed by atoms with E-state index in [0.717, 1.165) is 11.1 Å². The molecule has 4 N–H and O–H groups in total. The molecular weight excluding hydrogens is 662 g/mol. The molecule has 2 heterocycles. The molecule has 1 unspecified atom stereocenters. The average Bonchev–Trinajstić information content (AvgIpc) is 3.87. The van der Waals surface area contributed by atoms with Crippen LogP contribution in [0.15, 0.2) is 60.7 Å². The highest BCUT2D eigenvalue weighted by Gasteiger charge is 2.50. The first-order chi connectivity index (χ1) is 24.8. The lowest BCUT2D eigenvalue weighted by Gasteiger charge is -2.29. The molecular formula is C40H57N5O7. The van der Waals surface area contributed by atoms with Crippen molar-refractivity contribution in [3.8, 4) is 0 Å². The van der Waals surface area contributed by atoms with Crippen molar-refractivity contribution in [2.24, 2.45) is 11.8 Å². The van der Waals surface area contributed by atoms with Gasteiger partial charge >= 0.3 is 0 Å². The van der Waals surface area contributed by atoms with Crippen molar-refractivity contribution in [3.05, 3.63) is 71.8 Å². The summed E-state index contributed by atoms with van der Waals surface area (Å²) in [5.41, 5.74) is 0.915. The standard InChI is InChI=1S/C40H57N5O7/c1-27(2)22-32(36(47)40(5)26-52-40)42-39(50)34(24-30-14-10-7-11-15-30)44-38(49)33(23-28(3)4)43-37(48)31(17-16-29-12-8-6-9-13-29)41-35(46)25-45-18-20-51-21-19-45/h6-15,27-28,31-34H,16-26H2,1-5H3,(H,41,46)(H,42,50)(H,43,48)(H,44,49)/t31-,32-,33-,34-,40?/m0/s1. The number of morpholine rings is 1. The first-order valence-electron chi connectivity index (χ1n) is 18.6. The van der Waals surface area contributed by atoms with Gasteiger partial charge in [-0.25, -0.2) is 0 Å². The highest BCUT2D eigenvalue weighted by atomic mass is 16.6. The second-order valence-electron chi connectivity index (χ2n) is 15.0. The van der Waals surface area contributed by atoms with Crippen LogP contribution in [0.5, 0.6) is 0 Å². The van der Waals surface area contributed by atoms with Crippen LogP contribution in [0.25, 0.3) is 0 Å². The first kappa shape index (κ1) is 40.6. The van der Waals surface area contributed by atoms with Crippen LogP contribution in [0.1, 0.15) is 65.0 Å². The SMILES string of the molecule is CC(C)C[C@H](NC(=O)[C@H](CCc1ccccc1)NC(=O)CN1CCOCC1)C(=O)N[C@@H](Cc1ccccc1)C(=O)N[C@@H](CC(C)C)C(=O)C1(C)CO1. The lowest BCUT2D eigenvalue weighted by Crippen LogP contribution is -2.59. The number of nitrogens with one attached hydrogen (secondary N) is 4. The van der Waals surface area contributed by atoms with E-state index >= 15 is 0 Å². The Labute approximate surface area is 308 Å². The van der Waals surface area contributed by atoms with Crippen LogP contribution in [-0.2, 0) is 46.3 Å². The van der Waals surface area contributed by atoms with Gasteiger partial charge in [0.2, 0.25) is 23.6 Å². The second kappa shape index (κ2) is 19.6. The van der Waals surface area contributed by atoms with Gasteiger partial charge < -0.3 is 30.7 Å². The summed E-state index contributed by atoms with van der Waals surface area (Å²) in [6.07, 6.45) is 1.76. The Kier molecular flexibility index (Phi) is 15.3. The van der Waals surface area contributed by atoms with Gasteiger partial charge in [-0.05, 0) is 55.6 Å². The van der Waals surface area contributed by atoms with Gasteiger partial charge in [-0.15, -0.1) is 0 Å². The average molecular weight is 720 g/mol. The minimum atomic E-state index is -1.03. The predicted molar refractivity (Wildman–Crippen MR) is 198 cm³/mol. The van der Waals surface area contributed by atoms with Gasteiger partial charge in [0.25, 0.3) is 0 Å². The molecule has 5 atom stereocenters. The molecule has 0 bridgehead atoms. The Balaban J connectivity index is 1.51. The maximum absolute atomic E-state index is 14.1. The monoisotopic (exact) mass is 719 g/mol. The van der Waals surface area contributed by atoms with E-state index in [9.17, 15) is 24.0 Å². The fourth-order valence-corrected chi connectivity index (χ4v) is 6.33. The van der Waals surface area contributed by atoms with Gasteiger partial charge in [0.15, 0.2) is 5.78 Å². The zero-order valence-electron chi connectivity index (χ0n) is 31.3. The molecule has 2 fully saturated rings. The van der Waals surface area contributed by atoms with E-state index in [1.165, 1.54) is 0 Å². The molecule has 0 saturated carbocycles. The van der Waals surface area contributed by atoms with Gasteiger partial charge in [-0.3, -0.25) is 28.9 Å². The van der Waals surface area contributed by atoms with Crippen LogP contribution in [-0.4, -0.2) is 104 Å². The smallest absolute Gasteiger partial charge is 0.243 e. The van der Waals surface area contributed by atoms with E-state index in [-0.39, 0.29) is 36.5 Å². The largest absolute Gasteiger partial charge is 0.379 e. The molecule has 284 valence electrons. The van der Waals surface area contributed by atoms with E-state index in [4.69, 9.17) is 9.47 Å². The normalized spacial score (nSPS) is 19.6. The summed E-state index contributed by atoms with van der Waals surface area (Å²) in [7, 11) is 0. The number of amides is 4. The molecule has 52 heavy (non-hydrogen) atoms. The number of nitrogens with zero attached hydrogens (tertiary/aromatic N) is 1. The number of benzene rings is 2. The molecule has 0 radical (unpaired) electrons.